The molecule has 96 valence electrons. The Morgan fingerprint density at radius 1 is 1.25 bits per heavy atom. The molecule has 0 aliphatic rings. The largest absolute Gasteiger partial charge is 0.379 e. The van der Waals surface area contributed by atoms with Crippen molar-refractivity contribution in [2.45, 2.75) is 34.1 Å². The first kappa shape index (κ1) is 15.2. The third-order valence-corrected chi connectivity index (χ3v) is 1.83. The number of ether oxygens (including phenoxy) is 1. The second-order valence-corrected chi connectivity index (χ2v) is 4.16. The minimum atomic E-state index is 0.599. The number of nitrogens with zero attached hydrogens (tertiary/aromatic N) is 1. The molecule has 2 N–H and O–H groups in total. The topological polar surface area (TPSA) is 45.7 Å². The van der Waals surface area contributed by atoms with E-state index >= 15 is 0 Å². The Bertz CT molecular complexity index is 181. The standard InChI is InChI=1S/C12H27N3O/c1-5-7-14-12(13-6-2)15-8-9-16-10-11(3)4/h11H,5-10H2,1-4H3,(H2,13,14,15). The average molecular weight is 229 g/mol. The highest BCUT2D eigenvalue weighted by atomic mass is 16.5. The molecule has 0 unspecified atom stereocenters. The molecule has 0 bridgehead atoms. The molecule has 0 aromatic rings. The van der Waals surface area contributed by atoms with Crippen molar-refractivity contribution in [1.29, 1.82) is 0 Å². The van der Waals surface area contributed by atoms with Gasteiger partial charge in [0.1, 0.15) is 0 Å². The summed E-state index contributed by atoms with van der Waals surface area (Å²) in [6.45, 7) is 12.6. The van der Waals surface area contributed by atoms with Gasteiger partial charge in [0.25, 0.3) is 0 Å². The molecule has 0 saturated carbocycles. The van der Waals surface area contributed by atoms with Crippen LogP contribution >= 0.6 is 0 Å². The van der Waals surface area contributed by atoms with E-state index in [9.17, 15) is 0 Å². The van der Waals surface area contributed by atoms with Crippen LogP contribution in [-0.4, -0.2) is 38.8 Å². The summed E-state index contributed by atoms with van der Waals surface area (Å²) < 4.78 is 5.48. The van der Waals surface area contributed by atoms with Crippen molar-refractivity contribution in [3.05, 3.63) is 0 Å². The maximum absolute atomic E-state index is 5.48. The summed E-state index contributed by atoms with van der Waals surface area (Å²) >= 11 is 0. The van der Waals surface area contributed by atoms with E-state index in [-0.39, 0.29) is 0 Å². The second-order valence-electron chi connectivity index (χ2n) is 4.16. The first-order valence-corrected chi connectivity index (χ1v) is 6.30. The lowest BCUT2D eigenvalue weighted by molar-refractivity contribution is 0.114. The van der Waals surface area contributed by atoms with Gasteiger partial charge in [-0.3, -0.25) is 4.99 Å². The maximum atomic E-state index is 5.48. The van der Waals surface area contributed by atoms with Gasteiger partial charge in [-0.15, -0.1) is 0 Å². The summed E-state index contributed by atoms with van der Waals surface area (Å²) in [6.07, 6.45) is 1.07. The Balaban J connectivity index is 3.59. The molecule has 0 aromatic heterocycles. The number of rotatable bonds is 8. The van der Waals surface area contributed by atoms with Gasteiger partial charge in [-0.25, -0.2) is 0 Å². The second kappa shape index (κ2) is 10.7. The zero-order valence-corrected chi connectivity index (χ0v) is 11.2. The predicted molar refractivity (Wildman–Crippen MR) is 69.9 cm³/mol. The predicted octanol–water partition coefficient (Wildman–Crippen LogP) is 1.62. The first-order valence-electron chi connectivity index (χ1n) is 6.30. The maximum Gasteiger partial charge on any atom is 0.191 e. The summed E-state index contributed by atoms with van der Waals surface area (Å²) in [6, 6.07) is 0. The van der Waals surface area contributed by atoms with Gasteiger partial charge in [-0.1, -0.05) is 20.8 Å². The van der Waals surface area contributed by atoms with E-state index in [1.807, 2.05) is 0 Å². The van der Waals surface area contributed by atoms with Crippen molar-refractivity contribution >= 4 is 5.96 Å². The number of hydrogen-bond donors (Lipinski definition) is 2. The zero-order valence-electron chi connectivity index (χ0n) is 11.2. The van der Waals surface area contributed by atoms with Crippen LogP contribution in [0.4, 0.5) is 0 Å². The van der Waals surface area contributed by atoms with E-state index in [1.165, 1.54) is 0 Å². The fourth-order valence-corrected chi connectivity index (χ4v) is 1.13. The van der Waals surface area contributed by atoms with Crippen LogP contribution in [0.15, 0.2) is 4.99 Å². The number of guanidine groups is 1. The zero-order chi connectivity index (χ0) is 12.2. The Morgan fingerprint density at radius 2 is 2.00 bits per heavy atom. The van der Waals surface area contributed by atoms with Crippen LogP contribution in [0.3, 0.4) is 0 Å². The van der Waals surface area contributed by atoms with Crippen LogP contribution in [0.2, 0.25) is 0 Å². The average Bonchev–Trinajstić information content (AvgIpc) is 2.24. The summed E-state index contributed by atoms with van der Waals surface area (Å²) in [5.74, 6) is 1.49. The molecule has 0 radical (unpaired) electrons. The lowest BCUT2D eigenvalue weighted by Gasteiger charge is -2.11. The van der Waals surface area contributed by atoms with Crippen molar-refractivity contribution in [2.75, 3.05) is 32.8 Å². The third kappa shape index (κ3) is 9.77. The van der Waals surface area contributed by atoms with Crippen LogP contribution in [-0.2, 0) is 4.74 Å². The van der Waals surface area contributed by atoms with E-state index in [4.69, 9.17) is 4.74 Å². The summed E-state index contributed by atoms with van der Waals surface area (Å²) in [5, 5.41) is 6.44. The van der Waals surface area contributed by atoms with Crippen molar-refractivity contribution in [3.8, 4) is 0 Å². The minimum Gasteiger partial charge on any atom is -0.379 e. The number of hydrogen-bond acceptors (Lipinski definition) is 2. The molecule has 0 fully saturated rings. The smallest absolute Gasteiger partial charge is 0.191 e. The highest BCUT2D eigenvalue weighted by molar-refractivity contribution is 5.79. The van der Waals surface area contributed by atoms with Gasteiger partial charge in [0.15, 0.2) is 5.96 Å². The van der Waals surface area contributed by atoms with E-state index in [0.29, 0.717) is 5.92 Å². The lowest BCUT2D eigenvalue weighted by atomic mass is 10.2. The van der Waals surface area contributed by atoms with E-state index < -0.39 is 0 Å². The molecular formula is C12H27N3O. The first-order chi connectivity index (χ1) is 7.70. The van der Waals surface area contributed by atoms with E-state index in [1.54, 1.807) is 0 Å². The monoisotopic (exact) mass is 229 g/mol. The number of aliphatic imine (C=N–C) groups is 1. The molecule has 0 amide bonds. The van der Waals surface area contributed by atoms with Gasteiger partial charge in [0.2, 0.25) is 0 Å². The van der Waals surface area contributed by atoms with Gasteiger partial charge in [-0.2, -0.15) is 0 Å². The Kier molecular flexibility index (Phi) is 10.2. The SMILES string of the molecule is CCCN=C(NCC)NCCOCC(C)C. The molecular weight excluding hydrogens is 202 g/mol. The lowest BCUT2D eigenvalue weighted by Crippen LogP contribution is -2.39. The molecule has 0 heterocycles. The molecule has 0 spiro atoms. The molecule has 0 atom stereocenters. The normalized spacial score (nSPS) is 11.9. The summed E-state index contributed by atoms with van der Waals surface area (Å²) in [7, 11) is 0. The highest BCUT2D eigenvalue weighted by Gasteiger charge is 1.96. The molecule has 4 nitrogen and oxygen atoms in total. The molecule has 4 heteroatoms. The van der Waals surface area contributed by atoms with Gasteiger partial charge in [-0.05, 0) is 19.3 Å². The number of nitrogens with one attached hydrogen (secondary N) is 2. The van der Waals surface area contributed by atoms with Crippen LogP contribution in [0.1, 0.15) is 34.1 Å². The fourth-order valence-electron chi connectivity index (χ4n) is 1.13. The van der Waals surface area contributed by atoms with Crippen molar-refractivity contribution in [1.82, 2.24) is 10.6 Å². The van der Waals surface area contributed by atoms with Gasteiger partial charge in [0.05, 0.1) is 6.61 Å². The fraction of sp³-hybridized carbons (Fsp3) is 0.917. The van der Waals surface area contributed by atoms with Crippen LogP contribution in [0, 0.1) is 5.92 Å². The molecule has 0 aromatic carbocycles. The Labute approximate surface area is 99.9 Å². The van der Waals surface area contributed by atoms with Crippen molar-refractivity contribution in [2.24, 2.45) is 10.9 Å². The van der Waals surface area contributed by atoms with Crippen molar-refractivity contribution < 1.29 is 4.74 Å². The quantitative estimate of drug-likeness (QED) is 0.378. The third-order valence-electron chi connectivity index (χ3n) is 1.83. The minimum absolute atomic E-state index is 0.599. The van der Waals surface area contributed by atoms with E-state index in [2.05, 4.69) is 43.3 Å². The van der Waals surface area contributed by atoms with Crippen molar-refractivity contribution in [3.63, 3.8) is 0 Å². The van der Waals surface area contributed by atoms with Crippen LogP contribution in [0.25, 0.3) is 0 Å². The van der Waals surface area contributed by atoms with Gasteiger partial charge < -0.3 is 15.4 Å². The molecule has 0 rings (SSSR count). The Hall–Kier alpha value is -0.770. The molecule has 0 aliphatic heterocycles. The summed E-state index contributed by atoms with van der Waals surface area (Å²) in [5.41, 5.74) is 0. The highest BCUT2D eigenvalue weighted by Crippen LogP contribution is 1.90. The molecule has 0 saturated heterocycles. The van der Waals surface area contributed by atoms with E-state index in [0.717, 1.165) is 45.2 Å². The van der Waals surface area contributed by atoms with Gasteiger partial charge in [0, 0.05) is 26.2 Å². The Morgan fingerprint density at radius 3 is 2.56 bits per heavy atom. The molecule has 16 heavy (non-hydrogen) atoms. The molecule has 0 aliphatic carbocycles. The van der Waals surface area contributed by atoms with Crippen LogP contribution in [0.5, 0.6) is 0 Å². The van der Waals surface area contributed by atoms with Gasteiger partial charge >= 0.3 is 0 Å². The summed E-state index contributed by atoms with van der Waals surface area (Å²) in [4.78, 5) is 4.40. The van der Waals surface area contributed by atoms with Crippen LogP contribution < -0.4 is 10.6 Å².